The molecule has 0 fully saturated rings. The molecule has 0 heterocycles. The van der Waals surface area contributed by atoms with Gasteiger partial charge in [-0.1, -0.05) is 0 Å². The molecule has 4 rings (SSSR count). The Labute approximate surface area is 149 Å². The van der Waals surface area contributed by atoms with Crippen LogP contribution in [-0.4, -0.2) is 0 Å². The van der Waals surface area contributed by atoms with Crippen molar-refractivity contribution in [1.29, 1.82) is 0 Å². The molecule has 2 atom stereocenters. The summed E-state index contributed by atoms with van der Waals surface area (Å²) < 4.78 is 0.423. The minimum atomic E-state index is -3.49. The molecular weight excluding hydrogens is 402 g/mol. The summed E-state index contributed by atoms with van der Waals surface area (Å²) in [5.41, 5.74) is 7.72. The summed E-state index contributed by atoms with van der Waals surface area (Å²) in [6.45, 7) is 4.26. The number of halogens is 2. The Morgan fingerprint density at radius 2 is 1.17 bits per heavy atom. The molecular formula is C20H18Cl2Zr. The van der Waals surface area contributed by atoms with Crippen LogP contribution in [-0.2, 0) is 17.9 Å². The van der Waals surface area contributed by atoms with Gasteiger partial charge in [0.1, 0.15) is 0 Å². The average molecular weight is 420 g/mol. The first kappa shape index (κ1) is 15.9. The minimum absolute atomic E-state index is 0.212. The number of rotatable bonds is 2. The van der Waals surface area contributed by atoms with E-state index < -0.39 is 17.9 Å². The van der Waals surface area contributed by atoms with Crippen LogP contribution in [0.1, 0.15) is 40.6 Å². The van der Waals surface area contributed by atoms with Crippen molar-refractivity contribution >= 4 is 29.2 Å². The fourth-order valence-electron chi connectivity index (χ4n) is 3.70. The number of hydrogen-bond donors (Lipinski definition) is 0. The third-order valence-electron chi connectivity index (χ3n) is 4.92. The maximum absolute atomic E-state index is 7.18. The van der Waals surface area contributed by atoms with Crippen LogP contribution in [0.3, 0.4) is 0 Å². The van der Waals surface area contributed by atoms with Crippen LogP contribution >= 0.6 is 17.0 Å². The zero-order chi connectivity index (χ0) is 16.2. The Balaban J connectivity index is 1.77. The molecule has 23 heavy (non-hydrogen) atoms. The van der Waals surface area contributed by atoms with Crippen molar-refractivity contribution in [1.82, 2.24) is 0 Å². The molecule has 3 heteroatoms. The van der Waals surface area contributed by atoms with Crippen molar-refractivity contribution in [2.75, 3.05) is 0 Å². The van der Waals surface area contributed by atoms with E-state index in [1.165, 1.54) is 33.4 Å². The van der Waals surface area contributed by atoms with E-state index in [4.69, 9.17) is 17.0 Å². The molecule has 2 aromatic rings. The van der Waals surface area contributed by atoms with E-state index in [1.807, 2.05) is 0 Å². The summed E-state index contributed by atoms with van der Waals surface area (Å²) in [5.74, 6) is 0. The fraction of sp³-hybridized carbons (Fsp3) is 0.200. The Kier molecular flexibility index (Phi) is 3.96. The van der Waals surface area contributed by atoms with Crippen LogP contribution in [0.4, 0.5) is 0 Å². The van der Waals surface area contributed by atoms with Crippen LogP contribution in [0.2, 0.25) is 0 Å². The van der Waals surface area contributed by atoms with Gasteiger partial charge < -0.3 is 0 Å². The molecule has 0 spiro atoms. The van der Waals surface area contributed by atoms with E-state index in [0.29, 0.717) is 0 Å². The number of aryl methyl sites for hydroxylation is 2. The third kappa shape index (κ3) is 2.62. The van der Waals surface area contributed by atoms with Crippen molar-refractivity contribution in [3.8, 4) is 0 Å². The van der Waals surface area contributed by atoms with Crippen LogP contribution in [0.5, 0.6) is 0 Å². The molecule has 0 saturated carbocycles. The molecule has 2 aliphatic carbocycles. The van der Waals surface area contributed by atoms with Crippen molar-refractivity contribution < 1.29 is 17.9 Å². The number of hydrogen-bond acceptors (Lipinski definition) is 0. The first-order valence-corrected chi connectivity index (χ1v) is 17.1. The number of allylic oxidation sites excluding steroid dienone is 2. The van der Waals surface area contributed by atoms with Crippen LogP contribution in [0.25, 0.3) is 12.2 Å². The van der Waals surface area contributed by atoms with Crippen LogP contribution in [0.15, 0.2) is 48.6 Å². The summed E-state index contributed by atoms with van der Waals surface area (Å²) >= 11 is -3.49. The zero-order valence-electron chi connectivity index (χ0n) is 13.2. The Morgan fingerprint density at radius 3 is 1.61 bits per heavy atom. The van der Waals surface area contributed by atoms with E-state index in [1.54, 1.807) is 0 Å². The van der Waals surface area contributed by atoms with Crippen molar-refractivity contribution in [3.05, 3.63) is 81.9 Å². The van der Waals surface area contributed by atoms with Gasteiger partial charge in [0.2, 0.25) is 0 Å². The van der Waals surface area contributed by atoms with Gasteiger partial charge in [0.15, 0.2) is 0 Å². The Hall–Kier alpha value is -0.617. The summed E-state index contributed by atoms with van der Waals surface area (Å²) in [6, 6.07) is 13.2. The SMILES string of the molecule is Cc1ccc2c(c1)[CH]([Zr]([Cl])([Cl])[CH]1C=Cc3ccc(C)cc31)C=C2. The first-order valence-electron chi connectivity index (χ1n) is 7.92. The molecule has 0 nitrogen and oxygen atoms in total. The predicted molar refractivity (Wildman–Crippen MR) is 97.6 cm³/mol. The Morgan fingerprint density at radius 1 is 0.739 bits per heavy atom. The van der Waals surface area contributed by atoms with Gasteiger partial charge in [-0.25, -0.2) is 0 Å². The van der Waals surface area contributed by atoms with Gasteiger partial charge in [0.05, 0.1) is 0 Å². The summed E-state index contributed by atoms with van der Waals surface area (Å²) in [7, 11) is 14.4. The van der Waals surface area contributed by atoms with Gasteiger partial charge in [-0.15, -0.1) is 0 Å². The van der Waals surface area contributed by atoms with E-state index in [9.17, 15) is 0 Å². The second-order valence-corrected chi connectivity index (χ2v) is 21.5. The van der Waals surface area contributed by atoms with Gasteiger partial charge in [-0.2, -0.15) is 0 Å². The average Bonchev–Trinajstić information content (AvgIpc) is 3.10. The van der Waals surface area contributed by atoms with E-state index >= 15 is 0 Å². The molecule has 0 bridgehead atoms. The third-order valence-corrected chi connectivity index (χ3v) is 17.0. The van der Waals surface area contributed by atoms with E-state index in [0.717, 1.165) is 0 Å². The van der Waals surface area contributed by atoms with Crippen LogP contribution < -0.4 is 0 Å². The summed E-state index contributed by atoms with van der Waals surface area (Å²) in [6.07, 6.45) is 8.85. The molecule has 0 N–H and O–H groups in total. The van der Waals surface area contributed by atoms with Crippen molar-refractivity contribution in [2.24, 2.45) is 0 Å². The Bertz CT molecular complexity index is 779. The molecule has 2 aliphatic rings. The molecule has 116 valence electrons. The van der Waals surface area contributed by atoms with E-state index in [-0.39, 0.29) is 7.25 Å². The molecule has 0 aromatic heterocycles. The monoisotopic (exact) mass is 418 g/mol. The van der Waals surface area contributed by atoms with Crippen LogP contribution in [0, 0.1) is 13.8 Å². The fourth-order valence-corrected chi connectivity index (χ4v) is 14.2. The first-order chi connectivity index (χ1) is 11.0. The number of fused-ring (bicyclic) bond motifs is 2. The molecule has 0 saturated heterocycles. The van der Waals surface area contributed by atoms with Crippen molar-refractivity contribution in [2.45, 2.75) is 21.1 Å². The zero-order valence-corrected chi connectivity index (χ0v) is 17.2. The van der Waals surface area contributed by atoms with Gasteiger partial charge in [-0.3, -0.25) is 0 Å². The van der Waals surface area contributed by atoms with Gasteiger partial charge >= 0.3 is 150 Å². The molecule has 2 aromatic carbocycles. The van der Waals surface area contributed by atoms with Gasteiger partial charge in [0, 0.05) is 0 Å². The quantitative estimate of drug-likeness (QED) is 0.513. The molecule has 0 radical (unpaired) electrons. The summed E-state index contributed by atoms with van der Waals surface area (Å²) in [4.78, 5) is 0. The molecule has 2 unspecified atom stereocenters. The normalized spacial score (nSPS) is 21.6. The van der Waals surface area contributed by atoms with Gasteiger partial charge in [-0.05, 0) is 0 Å². The maximum atomic E-state index is 7.18. The number of benzene rings is 2. The topological polar surface area (TPSA) is 0 Å². The molecule has 0 amide bonds. The second-order valence-electron chi connectivity index (χ2n) is 6.61. The van der Waals surface area contributed by atoms with Crippen molar-refractivity contribution in [3.63, 3.8) is 0 Å². The predicted octanol–water partition coefficient (Wildman–Crippen LogP) is 6.60. The van der Waals surface area contributed by atoms with E-state index in [2.05, 4.69) is 74.5 Å². The second kappa shape index (κ2) is 5.73. The molecule has 0 aliphatic heterocycles. The standard InChI is InChI=1S/2C10H9.2ClH.Zr/c2*1-8-5-6-9-3-2-4-10(9)7-8;;;/h2*2-7H,1H3;2*1H;/q;;;;+2/p-2. The summed E-state index contributed by atoms with van der Waals surface area (Å²) in [5, 5.41) is 0. The van der Waals surface area contributed by atoms with Gasteiger partial charge in [0.25, 0.3) is 0 Å².